The molecule has 2 aromatic heterocycles. The summed E-state index contributed by atoms with van der Waals surface area (Å²) in [6.07, 6.45) is 0. The van der Waals surface area contributed by atoms with Crippen molar-refractivity contribution in [2.45, 2.75) is 33.2 Å². The number of aromatic nitrogens is 2. The number of nitrogens with zero attached hydrogens (tertiary/aromatic N) is 3. The van der Waals surface area contributed by atoms with Crippen molar-refractivity contribution in [2.75, 3.05) is 17.4 Å². The molecule has 0 atom stereocenters. The Morgan fingerprint density at radius 1 is 1.40 bits per heavy atom. The third kappa shape index (κ3) is 3.08. The first kappa shape index (κ1) is 14.7. The first-order chi connectivity index (χ1) is 9.52. The molecule has 3 N–H and O–H groups in total. The normalized spacial score (nSPS) is 10.9. The first-order valence-corrected chi connectivity index (χ1v) is 7.54. The smallest absolute Gasteiger partial charge is 0.148 e. The molecule has 6 heteroatoms. The predicted octanol–water partition coefficient (Wildman–Crippen LogP) is 2.89. The zero-order chi connectivity index (χ0) is 14.7. The molecule has 108 valence electrons. The van der Waals surface area contributed by atoms with Crippen LogP contribution in [-0.4, -0.2) is 17.0 Å². The molecule has 0 spiro atoms. The van der Waals surface area contributed by atoms with Crippen LogP contribution in [-0.2, 0) is 6.54 Å². The summed E-state index contributed by atoms with van der Waals surface area (Å²) >= 11 is 1.70. The lowest BCUT2D eigenvalue weighted by Crippen LogP contribution is -2.22. The van der Waals surface area contributed by atoms with E-state index in [1.54, 1.807) is 11.3 Å². The Bertz CT molecular complexity index is 565. The highest BCUT2D eigenvalue weighted by Gasteiger charge is 2.15. The van der Waals surface area contributed by atoms with Gasteiger partial charge in [0.1, 0.15) is 17.5 Å². The summed E-state index contributed by atoms with van der Waals surface area (Å²) in [6, 6.07) is 2.13. The highest BCUT2D eigenvalue weighted by atomic mass is 32.1. The van der Waals surface area contributed by atoms with Crippen LogP contribution in [0.5, 0.6) is 0 Å². The van der Waals surface area contributed by atoms with Gasteiger partial charge in [-0.1, -0.05) is 13.8 Å². The van der Waals surface area contributed by atoms with E-state index in [9.17, 15) is 0 Å². The molecule has 0 saturated carbocycles. The summed E-state index contributed by atoms with van der Waals surface area (Å²) in [6.45, 7) is 6.96. The summed E-state index contributed by atoms with van der Waals surface area (Å²) in [5, 5.41) is 4.24. The molecule has 0 amide bonds. The van der Waals surface area contributed by atoms with Gasteiger partial charge in [0, 0.05) is 25.1 Å². The van der Waals surface area contributed by atoms with Gasteiger partial charge in [0.15, 0.2) is 0 Å². The second kappa shape index (κ2) is 6.19. The van der Waals surface area contributed by atoms with Crippen LogP contribution in [0.15, 0.2) is 16.8 Å². The number of hydrazine groups is 1. The molecule has 20 heavy (non-hydrogen) atoms. The van der Waals surface area contributed by atoms with Crippen LogP contribution in [0.4, 0.5) is 11.6 Å². The number of hydrogen-bond acceptors (Lipinski definition) is 6. The van der Waals surface area contributed by atoms with E-state index >= 15 is 0 Å². The topological polar surface area (TPSA) is 67.1 Å². The number of nitrogens with two attached hydrogens (primary N) is 1. The maximum Gasteiger partial charge on any atom is 0.148 e. The Kier molecular flexibility index (Phi) is 4.57. The Hall–Kier alpha value is -1.66. The van der Waals surface area contributed by atoms with E-state index in [1.807, 2.05) is 14.0 Å². The zero-order valence-corrected chi connectivity index (χ0v) is 13.2. The van der Waals surface area contributed by atoms with Gasteiger partial charge in [0.2, 0.25) is 0 Å². The van der Waals surface area contributed by atoms with Gasteiger partial charge < -0.3 is 10.3 Å². The van der Waals surface area contributed by atoms with E-state index in [0.717, 1.165) is 23.8 Å². The van der Waals surface area contributed by atoms with Gasteiger partial charge in [-0.25, -0.2) is 15.8 Å². The van der Waals surface area contributed by atoms with Crippen LogP contribution >= 0.6 is 11.3 Å². The molecule has 0 unspecified atom stereocenters. The van der Waals surface area contributed by atoms with Gasteiger partial charge in [-0.2, -0.15) is 11.3 Å². The highest BCUT2D eigenvalue weighted by Crippen LogP contribution is 2.26. The molecule has 0 aliphatic rings. The van der Waals surface area contributed by atoms with Crippen molar-refractivity contribution in [2.24, 2.45) is 5.84 Å². The van der Waals surface area contributed by atoms with Crippen molar-refractivity contribution in [3.63, 3.8) is 0 Å². The summed E-state index contributed by atoms with van der Waals surface area (Å²) in [7, 11) is 2.04. The molecule has 2 heterocycles. The minimum absolute atomic E-state index is 0.260. The maximum atomic E-state index is 5.57. The number of hydrogen-bond donors (Lipinski definition) is 2. The highest BCUT2D eigenvalue weighted by molar-refractivity contribution is 7.07. The minimum Gasteiger partial charge on any atom is -0.355 e. The van der Waals surface area contributed by atoms with Gasteiger partial charge in [-0.15, -0.1) is 0 Å². The largest absolute Gasteiger partial charge is 0.355 e. The number of anilines is 2. The molecular weight excluding hydrogens is 270 g/mol. The van der Waals surface area contributed by atoms with Crippen molar-refractivity contribution in [1.82, 2.24) is 9.97 Å². The molecule has 2 rings (SSSR count). The lowest BCUT2D eigenvalue weighted by Gasteiger charge is -2.22. The Morgan fingerprint density at radius 3 is 2.70 bits per heavy atom. The Morgan fingerprint density at radius 2 is 2.15 bits per heavy atom. The number of rotatable bonds is 5. The first-order valence-electron chi connectivity index (χ1n) is 6.60. The molecule has 5 nitrogen and oxygen atoms in total. The standard InChI is InChI=1S/C14H21N5S/c1-9(2)12-16-13(18-15)10(3)14(17-12)19(4)7-11-5-6-20-8-11/h5-6,8-9H,7,15H2,1-4H3,(H,16,17,18). The third-order valence-electron chi connectivity index (χ3n) is 3.15. The monoisotopic (exact) mass is 291 g/mol. The predicted molar refractivity (Wildman–Crippen MR) is 85.1 cm³/mol. The van der Waals surface area contributed by atoms with Crippen LogP contribution in [0.3, 0.4) is 0 Å². The molecule has 2 aromatic rings. The summed E-state index contributed by atoms with van der Waals surface area (Å²) in [4.78, 5) is 11.3. The fourth-order valence-electron chi connectivity index (χ4n) is 2.02. The molecule has 0 aromatic carbocycles. The SMILES string of the molecule is Cc1c(NN)nc(C(C)C)nc1N(C)Cc1ccsc1. The fraction of sp³-hybridized carbons (Fsp3) is 0.429. The second-order valence-electron chi connectivity index (χ2n) is 5.17. The van der Waals surface area contributed by atoms with Crippen molar-refractivity contribution >= 4 is 23.0 Å². The van der Waals surface area contributed by atoms with Gasteiger partial charge in [0.05, 0.1) is 0 Å². The molecule has 0 radical (unpaired) electrons. The average molecular weight is 291 g/mol. The second-order valence-corrected chi connectivity index (χ2v) is 5.95. The van der Waals surface area contributed by atoms with Crippen LogP contribution in [0, 0.1) is 6.92 Å². The van der Waals surface area contributed by atoms with E-state index in [4.69, 9.17) is 5.84 Å². The van der Waals surface area contributed by atoms with Crippen LogP contribution in [0.25, 0.3) is 0 Å². The summed E-state index contributed by atoms with van der Waals surface area (Å²) in [5.74, 6) is 8.24. The lowest BCUT2D eigenvalue weighted by molar-refractivity contribution is 0.759. The van der Waals surface area contributed by atoms with E-state index in [0.29, 0.717) is 5.82 Å². The van der Waals surface area contributed by atoms with Crippen molar-refractivity contribution in [3.05, 3.63) is 33.8 Å². The lowest BCUT2D eigenvalue weighted by atomic mass is 10.2. The molecule has 0 aliphatic heterocycles. The van der Waals surface area contributed by atoms with E-state index in [1.165, 1.54) is 5.56 Å². The minimum atomic E-state index is 0.260. The number of thiophene rings is 1. The van der Waals surface area contributed by atoms with Crippen LogP contribution < -0.4 is 16.2 Å². The van der Waals surface area contributed by atoms with Crippen molar-refractivity contribution in [3.8, 4) is 0 Å². The van der Waals surface area contributed by atoms with Crippen molar-refractivity contribution < 1.29 is 0 Å². The molecular formula is C14H21N5S. The van der Waals surface area contributed by atoms with Gasteiger partial charge >= 0.3 is 0 Å². The Balaban J connectivity index is 2.36. The van der Waals surface area contributed by atoms with Crippen LogP contribution in [0.2, 0.25) is 0 Å². The fourth-order valence-corrected chi connectivity index (χ4v) is 2.68. The van der Waals surface area contributed by atoms with E-state index < -0.39 is 0 Å². The summed E-state index contributed by atoms with van der Waals surface area (Å²) in [5.41, 5.74) is 4.92. The van der Waals surface area contributed by atoms with Crippen LogP contribution in [0.1, 0.15) is 36.7 Å². The Labute approximate surface area is 123 Å². The van der Waals surface area contributed by atoms with Crippen molar-refractivity contribution in [1.29, 1.82) is 0 Å². The average Bonchev–Trinajstić information content (AvgIpc) is 2.91. The van der Waals surface area contributed by atoms with Gasteiger partial charge in [-0.05, 0) is 29.3 Å². The number of nitrogens with one attached hydrogen (secondary N) is 1. The number of nitrogen functional groups attached to an aromatic ring is 1. The van der Waals surface area contributed by atoms with Gasteiger partial charge in [-0.3, -0.25) is 0 Å². The quantitative estimate of drug-likeness (QED) is 0.655. The van der Waals surface area contributed by atoms with E-state index in [2.05, 4.69) is 51.0 Å². The molecule has 0 aliphatic carbocycles. The molecule has 0 fully saturated rings. The maximum absolute atomic E-state index is 5.57. The molecule has 0 bridgehead atoms. The molecule has 0 saturated heterocycles. The third-order valence-corrected chi connectivity index (χ3v) is 3.88. The van der Waals surface area contributed by atoms with Gasteiger partial charge in [0.25, 0.3) is 0 Å². The zero-order valence-electron chi connectivity index (χ0n) is 12.3. The van der Waals surface area contributed by atoms with E-state index in [-0.39, 0.29) is 5.92 Å². The summed E-state index contributed by atoms with van der Waals surface area (Å²) < 4.78 is 0.